The van der Waals surface area contributed by atoms with Crippen LogP contribution in [0.3, 0.4) is 0 Å². The van der Waals surface area contributed by atoms with Crippen LogP contribution in [-0.2, 0) is 10.9 Å². The van der Waals surface area contributed by atoms with Crippen molar-refractivity contribution >= 4 is 17.5 Å². The molecule has 0 radical (unpaired) electrons. The molecule has 27 heavy (non-hydrogen) atoms. The lowest BCUT2D eigenvalue weighted by atomic mass is 10.0. The molecule has 10 heteroatoms. The number of nitrogens with zero attached hydrogens (tertiary/aromatic N) is 2. The first kappa shape index (κ1) is 20.8. The lowest BCUT2D eigenvalue weighted by Gasteiger charge is -2.34. The van der Waals surface area contributed by atoms with E-state index in [2.05, 4.69) is 5.32 Å². The number of amides is 1. The average molecular weight is 389 g/mol. The maximum Gasteiger partial charge on any atom is 0.416 e. The first-order valence-electron chi connectivity index (χ1n) is 8.47. The fourth-order valence-electron chi connectivity index (χ4n) is 2.90. The average Bonchev–Trinajstić information content (AvgIpc) is 2.51. The molecule has 1 amide bonds. The molecule has 0 saturated carbocycles. The van der Waals surface area contributed by atoms with Crippen LogP contribution in [0.4, 0.5) is 29.3 Å². The number of piperidine rings is 1. The molecule has 1 aliphatic heterocycles. The number of alkyl halides is 3. The van der Waals surface area contributed by atoms with Crippen LogP contribution in [-0.4, -0.2) is 35.7 Å². The number of carbonyl (C=O) groups is 1. The van der Waals surface area contributed by atoms with Crippen LogP contribution >= 0.6 is 0 Å². The number of ether oxygens (including phenoxy) is 1. The minimum atomic E-state index is -4.66. The summed E-state index contributed by atoms with van der Waals surface area (Å²) in [6.07, 6.45) is -3.99. The number of nitro benzene ring substituents is 1. The van der Waals surface area contributed by atoms with Crippen molar-refractivity contribution in [2.45, 2.75) is 51.4 Å². The molecule has 1 aromatic rings. The van der Waals surface area contributed by atoms with Gasteiger partial charge in [0.05, 0.1) is 10.5 Å². The molecule has 1 atom stereocenters. The lowest BCUT2D eigenvalue weighted by molar-refractivity contribution is -0.384. The number of halogens is 3. The van der Waals surface area contributed by atoms with E-state index in [0.29, 0.717) is 25.5 Å². The summed E-state index contributed by atoms with van der Waals surface area (Å²) >= 11 is 0. The van der Waals surface area contributed by atoms with Crippen molar-refractivity contribution in [3.05, 3.63) is 33.9 Å². The van der Waals surface area contributed by atoms with E-state index in [0.717, 1.165) is 12.1 Å². The van der Waals surface area contributed by atoms with E-state index < -0.39 is 34.0 Å². The number of hydrogen-bond acceptors (Lipinski definition) is 5. The van der Waals surface area contributed by atoms with Gasteiger partial charge < -0.3 is 15.0 Å². The monoisotopic (exact) mass is 389 g/mol. The van der Waals surface area contributed by atoms with E-state index in [1.54, 1.807) is 25.7 Å². The summed E-state index contributed by atoms with van der Waals surface area (Å²) in [6, 6.07) is 2.15. The minimum absolute atomic E-state index is 0.101. The van der Waals surface area contributed by atoms with Gasteiger partial charge in [0.1, 0.15) is 11.3 Å². The number of anilines is 1. The number of carbonyl (C=O) groups excluding carboxylic acids is 1. The van der Waals surface area contributed by atoms with Crippen LogP contribution < -0.4 is 10.2 Å². The molecule has 1 aliphatic rings. The summed E-state index contributed by atoms with van der Waals surface area (Å²) in [6.45, 7) is 5.87. The molecule has 2 rings (SSSR count). The van der Waals surface area contributed by atoms with E-state index in [4.69, 9.17) is 4.74 Å². The molecule has 0 aromatic heterocycles. The summed E-state index contributed by atoms with van der Waals surface area (Å²) in [4.78, 5) is 24.0. The van der Waals surface area contributed by atoms with Gasteiger partial charge in [0.25, 0.3) is 5.69 Å². The Morgan fingerprint density at radius 1 is 1.33 bits per heavy atom. The van der Waals surface area contributed by atoms with Gasteiger partial charge in [0, 0.05) is 25.2 Å². The van der Waals surface area contributed by atoms with E-state index in [1.165, 1.54) is 0 Å². The Hall–Kier alpha value is -2.52. The van der Waals surface area contributed by atoms with E-state index >= 15 is 0 Å². The quantitative estimate of drug-likeness (QED) is 0.621. The Bertz CT molecular complexity index is 716. The molecule has 0 aliphatic carbocycles. The van der Waals surface area contributed by atoms with E-state index in [-0.39, 0.29) is 18.3 Å². The highest BCUT2D eigenvalue weighted by Crippen LogP contribution is 2.37. The predicted molar refractivity (Wildman–Crippen MR) is 92.7 cm³/mol. The minimum Gasteiger partial charge on any atom is -0.444 e. The first-order valence-corrected chi connectivity index (χ1v) is 8.47. The third kappa shape index (κ3) is 5.73. The summed E-state index contributed by atoms with van der Waals surface area (Å²) in [5, 5.41) is 14.0. The molecule has 1 aromatic carbocycles. The van der Waals surface area contributed by atoms with Crippen LogP contribution in [0.15, 0.2) is 18.2 Å². The number of alkyl carbamates (subject to hydrolysis) is 1. The highest BCUT2D eigenvalue weighted by atomic mass is 19.4. The van der Waals surface area contributed by atoms with Gasteiger partial charge in [-0.3, -0.25) is 10.1 Å². The second-order valence-corrected chi connectivity index (χ2v) is 7.39. The van der Waals surface area contributed by atoms with Gasteiger partial charge in [0.15, 0.2) is 0 Å². The molecule has 1 saturated heterocycles. The molecule has 0 spiro atoms. The van der Waals surface area contributed by atoms with Gasteiger partial charge in [-0.05, 0) is 45.7 Å². The van der Waals surface area contributed by atoms with E-state index in [9.17, 15) is 28.1 Å². The number of hydrogen-bond donors (Lipinski definition) is 1. The standard InChI is InChI=1S/C17H22F3N3O4/c1-16(2,3)27-15(24)21-12-5-4-8-22(10-12)13-7-6-11(17(18,19)20)9-14(13)23(25)26/h6-7,9,12H,4-5,8,10H2,1-3H3,(H,21,24). The Morgan fingerprint density at radius 3 is 2.56 bits per heavy atom. The SMILES string of the molecule is CC(C)(C)OC(=O)NC1CCCN(c2ccc(C(F)(F)F)cc2[N+](=O)[O-])C1. The topological polar surface area (TPSA) is 84.7 Å². The van der Waals surface area contributed by atoms with Crippen molar-refractivity contribution in [1.29, 1.82) is 0 Å². The lowest BCUT2D eigenvalue weighted by Crippen LogP contribution is -2.49. The van der Waals surface area contributed by atoms with Crippen molar-refractivity contribution in [3.8, 4) is 0 Å². The number of benzene rings is 1. The Morgan fingerprint density at radius 2 is 2.00 bits per heavy atom. The number of nitro groups is 1. The molecular weight excluding hydrogens is 367 g/mol. The Balaban J connectivity index is 2.18. The zero-order chi connectivity index (χ0) is 20.4. The molecular formula is C17H22F3N3O4. The summed E-state index contributed by atoms with van der Waals surface area (Å²) < 4.78 is 43.7. The molecule has 1 heterocycles. The van der Waals surface area contributed by atoms with Crippen LogP contribution in [0.1, 0.15) is 39.2 Å². The Kier molecular flexibility index (Phi) is 5.86. The van der Waals surface area contributed by atoms with Gasteiger partial charge >= 0.3 is 12.3 Å². The van der Waals surface area contributed by atoms with Crippen LogP contribution in [0.2, 0.25) is 0 Å². The van der Waals surface area contributed by atoms with Crippen molar-refractivity contribution in [2.75, 3.05) is 18.0 Å². The molecule has 150 valence electrons. The molecule has 1 N–H and O–H groups in total. The van der Waals surface area contributed by atoms with Crippen molar-refractivity contribution in [1.82, 2.24) is 5.32 Å². The maximum atomic E-state index is 12.8. The highest BCUT2D eigenvalue weighted by molar-refractivity contribution is 5.69. The van der Waals surface area contributed by atoms with Crippen LogP contribution in [0.5, 0.6) is 0 Å². The smallest absolute Gasteiger partial charge is 0.416 e. The normalized spacial score (nSPS) is 18.1. The van der Waals surface area contributed by atoms with Crippen molar-refractivity contribution in [2.24, 2.45) is 0 Å². The van der Waals surface area contributed by atoms with Gasteiger partial charge in [-0.1, -0.05) is 0 Å². The third-order valence-electron chi connectivity index (χ3n) is 3.98. The second-order valence-electron chi connectivity index (χ2n) is 7.39. The maximum absolute atomic E-state index is 12.8. The van der Waals surface area contributed by atoms with Crippen LogP contribution in [0.25, 0.3) is 0 Å². The molecule has 0 bridgehead atoms. The molecule has 7 nitrogen and oxygen atoms in total. The zero-order valence-electron chi connectivity index (χ0n) is 15.3. The van der Waals surface area contributed by atoms with E-state index in [1.807, 2.05) is 0 Å². The van der Waals surface area contributed by atoms with Gasteiger partial charge in [-0.25, -0.2) is 4.79 Å². The van der Waals surface area contributed by atoms with Crippen molar-refractivity contribution < 1.29 is 27.6 Å². The first-order chi connectivity index (χ1) is 12.4. The Labute approximate surface area is 154 Å². The van der Waals surface area contributed by atoms with Gasteiger partial charge in [-0.2, -0.15) is 13.2 Å². The predicted octanol–water partition coefficient (Wildman–Crippen LogP) is 4.11. The zero-order valence-corrected chi connectivity index (χ0v) is 15.3. The van der Waals surface area contributed by atoms with Crippen molar-refractivity contribution in [3.63, 3.8) is 0 Å². The van der Waals surface area contributed by atoms with Crippen LogP contribution in [0, 0.1) is 10.1 Å². The number of rotatable bonds is 3. The summed E-state index contributed by atoms with van der Waals surface area (Å²) in [7, 11) is 0. The second kappa shape index (κ2) is 7.61. The van der Waals surface area contributed by atoms with Gasteiger partial charge in [0.2, 0.25) is 0 Å². The largest absolute Gasteiger partial charge is 0.444 e. The molecule has 1 unspecified atom stereocenters. The fraction of sp³-hybridized carbons (Fsp3) is 0.588. The van der Waals surface area contributed by atoms with Gasteiger partial charge in [-0.15, -0.1) is 0 Å². The molecule has 1 fully saturated rings. The summed E-state index contributed by atoms with van der Waals surface area (Å²) in [5.41, 5.74) is -2.24. The number of nitrogens with one attached hydrogen (secondary N) is 1. The fourth-order valence-corrected chi connectivity index (χ4v) is 2.90. The summed E-state index contributed by atoms with van der Waals surface area (Å²) in [5.74, 6) is 0. The highest BCUT2D eigenvalue weighted by Gasteiger charge is 2.34. The third-order valence-corrected chi connectivity index (χ3v) is 3.98.